The molecule has 1 rings (SSSR count). The van der Waals surface area contributed by atoms with Crippen molar-refractivity contribution in [2.24, 2.45) is 0 Å². The first-order chi connectivity index (χ1) is 5.83. The SMILES string of the molecule is CCC(I)SCc1ccccc1. The molecular weight excluding hydrogens is 279 g/mol. The number of alkyl halides is 1. The summed E-state index contributed by atoms with van der Waals surface area (Å²) in [6.07, 6.45) is 1.25. The van der Waals surface area contributed by atoms with Gasteiger partial charge < -0.3 is 0 Å². The van der Waals surface area contributed by atoms with Gasteiger partial charge in [0.2, 0.25) is 0 Å². The van der Waals surface area contributed by atoms with Crippen LogP contribution in [-0.4, -0.2) is 3.26 Å². The van der Waals surface area contributed by atoms with Gasteiger partial charge in [-0.25, -0.2) is 0 Å². The zero-order chi connectivity index (χ0) is 8.81. The maximum atomic E-state index is 2.50. The molecule has 0 amide bonds. The van der Waals surface area contributed by atoms with Crippen LogP contribution in [0.4, 0.5) is 0 Å². The Bertz CT molecular complexity index is 210. The van der Waals surface area contributed by atoms with E-state index >= 15 is 0 Å². The normalized spacial score (nSPS) is 12.8. The molecule has 0 N–H and O–H groups in total. The van der Waals surface area contributed by atoms with Crippen LogP contribution in [-0.2, 0) is 5.75 Å². The molecule has 0 aliphatic heterocycles. The van der Waals surface area contributed by atoms with E-state index in [4.69, 9.17) is 0 Å². The van der Waals surface area contributed by atoms with E-state index < -0.39 is 0 Å². The molecule has 0 spiro atoms. The summed E-state index contributed by atoms with van der Waals surface area (Å²) < 4.78 is 0.753. The van der Waals surface area contributed by atoms with Gasteiger partial charge in [-0.05, 0) is 12.0 Å². The average Bonchev–Trinajstić information content (AvgIpc) is 2.16. The number of rotatable bonds is 4. The monoisotopic (exact) mass is 292 g/mol. The van der Waals surface area contributed by atoms with E-state index in [9.17, 15) is 0 Å². The summed E-state index contributed by atoms with van der Waals surface area (Å²) in [5.74, 6) is 1.14. The number of halogens is 1. The van der Waals surface area contributed by atoms with E-state index in [-0.39, 0.29) is 0 Å². The van der Waals surface area contributed by atoms with Crippen LogP contribution in [0.25, 0.3) is 0 Å². The molecular formula is C10H13IS. The van der Waals surface area contributed by atoms with Gasteiger partial charge in [-0.3, -0.25) is 0 Å². The van der Waals surface area contributed by atoms with E-state index in [2.05, 4.69) is 59.8 Å². The van der Waals surface area contributed by atoms with Crippen LogP contribution in [0.5, 0.6) is 0 Å². The van der Waals surface area contributed by atoms with E-state index in [1.165, 1.54) is 12.0 Å². The Hall–Kier alpha value is 0.300. The largest absolute Gasteiger partial charge is 0.143 e. The first-order valence-electron chi connectivity index (χ1n) is 4.12. The molecule has 0 aliphatic rings. The van der Waals surface area contributed by atoms with Crippen molar-refractivity contribution in [1.82, 2.24) is 0 Å². The van der Waals surface area contributed by atoms with E-state index in [0.717, 1.165) is 9.01 Å². The van der Waals surface area contributed by atoms with Crippen LogP contribution < -0.4 is 0 Å². The fourth-order valence-corrected chi connectivity index (χ4v) is 2.22. The highest BCUT2D eigenvalue weighted by molar-refractivity contribution is 14.1. The molecule has 0 saturated heterocycles. The molecule has 1 aromatic rings. The van der Waals surface area contributed by atoms with Gasteiger partial charge in [0, 0.05) is 5.75 Å². The van der Waals surface area contributed by atoms with Crippen LogP contribution in [0.15, 0.2) is 30.3 Å². The third kappa shape index (κ3) is 3.81. The van der Waals surface area contributed by atoms with Gasteiger partial charge in [0.05, 0.1) is 3.26 Å². The number of thioether (sulfide) groups is 1. The number of hydrogen-bond acceptors (Lipinski definition) is 1. The molecule has 1 aromatic carbocycles. The molecule has 2 heteroatoms. The smallest absolute Gasteiger partial charge is 0.0565 e. The van der Waals surface area contributed by atoms with Gasteiger partial charge in [0.25, 0.3) is 0 Å². The van der Waals surface area contributed by atoms with Crippen molar-refractivity contribution in [1.29, 1.82) is 0 Å². The standard InChI is InChI=1S/C10H13IS/c1-2-10(11)12-8-9-6-4-3-5-7-9/h3-7,10H,2,8H2,1H3. The minimum Gasteiger partial charge on any atom is -0.143 e. The first-order valence-corrected chi connectivity index (χ1v) is 6.42. The van der Waals surface area contributed by atoms with Crippen molar-refractivity contribution < 1.29 is 0 Å². The molecule has 12 heavy (non-hydrogen) atoms. The lowest BCUT2D eigenvalue weighted by atomic mass is 10.2. The van der Waals surface area contributed by atoms with Gasteiger partial charge in [-0.1, -0.05) is 59.8 Å². The molecule has 0 radical (unpaired) electrons. The highest BCUT2D eigenvalue weighted by Gasteiger charge is 2.00. The van der Waals surface area contributed by atoms with Gasteiger partial charge in [-0.15, -0.1) is 11.8 Å². The fourth-order valence-electron chi connectivity index (χ4n) is 0.879. The Morgan fingerprint density at radius 2 is 2.00 bits per heavy atom. The molecule has 0 nitrogen and oxygen atoms in total. The lowest BCUT2D eigenvalue weighted by Crippen LogP contribution is -1.88. The minimum absolute atomic E-state index is 0.753. The number of hydrogen-bond donors (Lipinski definition) is 0. The molecule has 0 saturated carbocycles. The molecule has 0 heterocycles. The Morgan fingerprint density at radius 1 is 1.33 bits per heavy atom. The third-order valence-electron chi connectivity index (χ3n) is 1.59. The zero-order valence-electron chi connectivity index (χ0n) is 7.16. The predicted molar refractivity (Wildman–Crippen MR) is 65.8 cm³/mol. The Labute approximate surface area is 92.3 Å². The van der Waals surface area contributed by atoms with Crippen LogP contribution in [0, 0.1) is 0 Å². The third-order valence-corrected chi connectivity index (χ3v) is 4.75. The van der Waals surface area contributed by atoms with Crippen molar-refractivity contribution in [3.8, 4) is 0 Å². The summed E-state index contributed by atoms with van der Waals surface area (Å²) in [5.41, 5.74) is 1.43. The van der Waals surface area contributed by atoms with Crippen molar-refractivity contribution in [2.75, 3.05) is 0 Å². The molecule has 0 aromatic heterocycles. The predicted octanol–water partition coefficient (Wildman–Crippen LogP) is 4.09. The highest BCUT2D eigenvalue weighted by atomic mass is 127. The van der Waals surface area contributed by atoms with Crippen molar-refractivity contribution >= 4 is 34.4 Å². The average molecular weight is 292 g/mol. The second-order valence-electron chi connectivity index (χ2n) is 2.61. The molecule has 0 aliphatic carbocycles. The Balaban J connectivity index is 2.33. The van der Waals surface area contributed by atoms with Gasteiger partial charge in [0.15, 0.2) is 0 Å². The van der Waals surface area contributed by atoms with Crippen molar-refractivity contribution in [2.45, 2.75) is 22.4 Å². The van der Waals surface area contributed by atoms with E-state index in [0.29, 0.717) is 0 Å². The van der Waals surface area contributed by atoms with Gasteiger partial charge in [0.1, 0.15) is 0 Å². The minimum atomic E-state index is 0.753. The van der Waals surface area contributed by atoms with E-state index in [1.54, 1.807) is 0 Å². The molecule has 66 valence electrons. The quantitative estimate of drug-likeness (QED) is 0.595. The summed E-state index contributed by atoms with van der Waals surface area (Å²) in [6, 6.07) is 10.6. The molecule has 1 atom stereocenters. The second-order valence-corrected chi connectivity index (χ2v) is 6.15. The highest BCUT2D eigenvalue weighted by Crippen LogP contribution is 2.24. The fraction of sp³-hybridized carbons (Fsp3) is 0.400. The van der Waals surface area contributed by atoms with Crippen molar-refractivity contribution in [3.05, 3.63) is 35.9 Å². The number of benzene rings is 1. The van der Waals surface area contributed by atoms with Crippen LogP contribution >= 0.6 is 34.4 Å². The van der Waals surface area contributed by atoms with Crippen LogP contribution in [0.3, 0.4) is 0 Å². The van der Waals surface area contributed by atoms with Crippen LogP contribution in [0.1, 0.15) is 18.9 Å². The van der Waals surface area contributed by atoms with Crippen LogP contribution in [0.2, 0.25) is 0 Å². The summed E-state index contributed by atoms with van der Waals surface area (Å²) in [7, 11) is 0. The van der Waals surface area contributed by atoms with Gasteiger partial charge in [-0.2, -0.15) is 0 Å². The lowest BCUT2D eigenvalue weighted by Gasteiger charge is -2.05. The summed E-state index contributed by atoms with van der Waals surface area (Å²) in [6.45, 7) is 2.23. The maximum Gasteiger partial charge on any atom is 0.0565 e. The molecule has 0 bridgehead atoms. The zero-order valence-corrected chi connectivity index (χ0v) is 10.1. The second kappa shape index (κ2) is 5.86. The first kappa shape index (κ1) is 10.4. The Kier molecular flexibility index (Phi) is 5.07. The van der Waals surface area contributed by atoms with Gasteiger partial charge >= 0.3 is 0 Å². The summed E-state index contributed by atoms with van der Waals surface area (Å²) >= 11 is 4.51. The maximum absolute atomic E-state index is 2.50. The lowest BCUT2D eigenvalue weighted by molar-refractivity contribution is 1.08. The van der Waals surface area contributed by atoms with Crippen molar-refractivity contribution in [3.63, 3.8) is 0 Å². The molecule has 0 fully saturated rings. The summed E-state index contributed by atoms with van der Waals surface area (Å²) in [4.78, 5) is 0. The van der Waals surface area contributed by atoms with E-state index in [1.807, 2.05) is 11.8 Å². The molecule has 1 unspecified atom stereocenters. The summed E-state index contributed by atoms with van der Waals surface area (Å²) in [5, 5.41) is 0. The Morgan fingerprint density at radius 3 is 2.58 bits per heavy atom. The topological polar surface area (TPSA) is 0 Å².